The molecular formula is C29H62O6P2S2. The first-order chi connectivity index (χ1) is 18.9. The van der Waals surface area contributed by atoms with Gasteiger partial charge in [-0.2, -0.15) is 24.4 Å². The van der Waals surface area contributed by atoms with Gasteiger partial charge in [0.2, 0.25) is 0 Å². The summed E-state index contributed by atoms with van der Waals surface area (Å²) >= 11 is 6.51. The molecule has 0 saturated carbocycles. The third-order valence-electron chi connectivity index (χ3n) is 7.57. The van der Waals surface area contributed by atoms with Gasteiger partial charge in [-0.15, -0.1) is 0 Å². The molecule has 0 saturated heterocycles. The Balaban J connectivity index is 4.71. The lowest BCUT2D eigenvalue weighted by Crippen LogP contribution is -2.43. The molecule has 0 spiro atoms. The third kappa shape index (κ3) is 24.5. The molecule has 1 unspecified atom stereocenters. The Kier molecular flexibility index (Phi) is 30.4. The van der Waals surface area contributed by atoms with Crippen LogP contribution in [0.2, 0.25) is 0 Å². The summed E-state index contributed by atoms with van der Waals surface area (Å²) in [4.78, 5) is 37.8. The van der Waals surface area contributed by atoms with E-state index in [4.69, 9.17) is 9.05 Å². The Hall–Kier alpha value is 1.32. The minimum atomic E-state index is -2.50. The lowest BCUT2D eigenvalue weighted by molar-refractivity contribution is 0.0791. The van der Waals surface area contributed by atoms with Crippen LogP contribution in [0.15, 0.2) is 0 Å². The van der Waals surface area contributed by atoms with Crippen molar-refractivity contribution in [1.29, 1.82) is 0 Å². The van der Waals surface area contributed by atoms with Gasteiger partial charge in [-0.3, -0.25) is 0 Å². The zero-order valence-corrected chi connectivity index (χ0v) is 28.6. The molecule has 0 radical (unpaired) electrons. The van der Waals surface area contributed by atoms with Crippen LogP contribution in [0.25, 0.3) is 0 Å². The highest BCUT2D eigenvalue weighted by atomic mass is 32.2. The zero-order valence-electron chi connectivity index (χ0n) is 25.1. The first-order valence-corrected chi connectivity index (χ1v) is 19.8. The van der Waals surface area contributed by atoms with Gasteiger partial charge < -0.3 is 28.6 Å². The maximum Gasteiger partial charge on any atom is 0.327 e. The number of thiol groups is 1. The number of hydrogen-bond donors (Lipinski definition) is 5. The van der Waals surface area contributed by atoms with Crippen LogP contribution < -0.4 is 0 Å². The summed E-state index contributed by atoms with van der Waals surface area (Å²) in [5.41, 5.74) is -0.621. The van der Waals surface area contributed by atoms with E-state index >= 15 is 0 Å². The van der Waals surface area contributed by atoms with Crippen LogP contribution in [-0.2, 0) is 9.05 Å². The van der Waals surface area contributed by atoms with Gasteiger partial charge >= 0.3 is 17.2 Å². The number of hydrogen-bond acceptors (Lipinski definition) is 8. The van der Waals surface area contributed by atoms with Gasteiger partial charge in [0.05, 0.1) is 13.2 Å². The van der Waals surface area contributed by atoms with Crippen molar-refractivity contribution >= 4 is 41.6 Å². The molecule has 1 atom stereocenters. The maximum atomic E-state index is 9.44. The van der Waals surface area contributed by atoms with E-state index in [2.05, 4.69) is 26.5 Å². The van der Waals surface area contributed by atoms with Gasteiger partial charge in [-0.25, -0.2) is 0 Å². The van der Waals surface area contributed by atoms with E-state index in [0.717, 1.165) is 25.0 Å². The molecule has 39 heavy (non-hydrogen) atoms. The average Bonchev–Trinajstić information content (AvgIpc) is 2.92. The number of thioether (sulfide) groups is 1. The molecule has 0 fully saturated rings. The summed E-state index contributed by atoms with van der Waals surface area (Å²) in [6.45, 7) is 4.66. The molecule has 0 aromatic heterocycles. The molecule has 0 rings (SSSR count). The molecule has 6 nitrogen and oxygen atoms in total. The molecule has 4 N–H and O–H groups in total. The van der Waals surface area contributed by atoms with Gasteiger partial charge in [-0.1, -0.05) is 136 Å². The molecule has 236 valence electrons. The Morgan fingerprint density at radius 1 is 0.590 bits per heavy atom. The van der Waals surface area contributed by atoms with Crippen LogP contribution in [0.3, 0.4) is 0 Å². The van der Waals surface area contributed by atoms with Crippen LogP contribution in [0.1, 0.15) is 149 Å². The molecule has 0 aliphatic rings. The van der Waals surface area contributed by atoms with Gasteiger partial charge in [-0.05, 0) is 18.6 Å². The van der Waals surface area contributed by atoms with E-state index in [1.807, 2.05) is 11.8 Å². The molecule has 0 bridgehead atoms. The van der Waals surface area contributed by atoms with E-state index in [1.165, 1.54) is 116 Å². The van der Waals surface area contributed by atoms with Gasteiger partial charge in [0.25, 0.3) is 0 Å². The summed E-state index contributed by atoms with van der Waals surface area (Å²) in [5.74, 6) is 1.43. The SMILES string of the molecule is CCCCCCCCCCCCSC(CCCCCCCCCCCC)C(CS)(COP(O)O)COP(O)O. The van der Waals surface area contributed by atoms with Crippen molar-refractivity contribution in [3.05, 3.63) is 0 Å². The van der Waals surface area contributed by atoms with E-state index in [9.17, 15) is 19.6 Å². The second-order valence-corrected chi connectivity index (χ2v) is 14.2. The summed E-state index contributed by atoms with van der Waals surface area (Å²) < 4.78 is 10.6. The summed E-state index contributed by atoms with van der Waals surface area (Å²) in [6.07, 6.45) is 26.8. The molecule has 0 aromatic carbocycles. The monoisotopic (exact) mass is 632 g/mol. The summed E-state index contributed by atoms with van der Waals surface area (Å²) in [6, 6.07) is 0. The van der Waals surface area contributed by atoms with Crippen molar-refractivity contribution in [2.24, 2.45) is 5.41 Å². The Morgan fingerprint density at radius 2 is 0.949 bits per heavy atom. The largest absolute Gasteiger partial charge is 0.328 e. The quantitative estimate of drug-likeness (QED) is 0.0295. The predicted octanol–water partition coefficient (Wildman–Crippen LogP) is 9.69. The topological polar surface area (TPSA) is 99.4 Å². The first kappa shape index (κ1) is 40.3. The van der Waals surface area contributed by atoms with E-state index in [1.54, 1.807) is 0 Å². The van der Waals surface area contributed by atoms with E-state index < -0.39 is 22.6 Å². The van der Waals surface area contributed by atoms with Gasteiger partial charge in [0, 0.05) is 16.4 Å². The second kappa shape index (κ2) is 29.4. The van der Waals surface area contributed by atoms with Crippen LogP contribution in [0.4, 0.5) is 0 Å². The van der Waals surface area contributed by atoms with Crippen molar-refractivity contribution in [1.82, 2.24) is 0 Å². The smallest absolute Gasteiger partial charge is 0.327 e. The highest BCUT2D eigenvalue weighted by Crippen LogP contribution is 2.43. The minimum absolute atomic E-state index is 0.0752. The first-order valence-electron chi connectivity index (χ1n) is 15.8. The highest BCUT2D eigenvalue weighted by molar-refractivity contribution is 8.00. The molecular weight excluding hydrogens is 570 g/mol. The Labute approximate surface area is 253 Å². The number of unbranched alkanes of at least 4 members (excludes halogenated alkanes) is 18. The van der Waals surface area contributed by atoms with E-state index in [-0.39, 0.29) is 18.5 Å². The normalized spacial score (nSPS) is 13.2. The fraction of sp³-hybridized carbons (Fsp3) is 1.00. The fourth-order valence-corrected chi connectivity index (χ4v) is 7.83. The Bertz CT molecular complexity index is 494. The minimum Gasteiger partial charge on any atom is -0.328 e. The predicted molar refractivity (Wildman–Crippen MR) is 175 cm³/mol. The molecule has 0 aromatic rings. The lowest BCUT2D eigenvalue weighted by Gasteiger charge is -2.39. The zero-order chi connectivity index (χ0) is 29.0. The number of rotatable bonds is 31. The fourth-order valence-electron chi connectivity index (χ4n) is 4.99. The van der Waals surface area contributed by atoms with Gasteiger partial charge in [0.1, 0.15) is 0 Å². The maximum absolute atomic E-state index is 9.44. The standard InChI is InChI=1S/C29H62O6P2S2/c1-3-5-7-9-11-13-15-17-19-21-23-28(29(27-38,25-34-36(30)31)26-35-37(32)33)39-24-22-20-18-16-14-12-10-8-6-4-2/h28,30-33,38H,3-27H2,1-2H3. The van der Waals surface area contributed by atoms with Crippen molar-refractivity contribution in [2.45, 2.75) is 154 Å². The molecule has 0 amide bonds. The third-order valence-corrected chi connectivity index (χ3v) is 10.6. The Morgan fingerprint density at radius 3 is 1.31 bits per heavy atom. The lowest BCUT2D eigenvalue weighted by atomic mass is 9.85. The van der Waals surface area contributed by atoms with Crippen LogP contribution >= 0.6 is 41.6 Å². The molecule has 10 heteroatoms. The molecule has 0 aliphatic carbocycles. The van der Waals surface area contributed by atoms with Crippen molar-refractivity contribution in [3.8, 4) is 0 Å². The second-order valence-electron chi connectivity index (χ2n) is 11.1. The van der Waals surface area contributed by atoms with Crippen LogP contribution in [0.5, 0.6) is 0 Å². The van der Waals surface area contributed by atoms with Crippen LogP contribution in [0, 0.1) is 5.41 Å². The average molecular weight is 633 g/mol. The van der Waals surface area contributed by atoms with Crippen molar-refractivity contribution in [2.75, 3.05) is 24.7 Å². The summed E-state index contributed by atoms with van der Waals surface area (Å²) in [7, 11) is -5.00. The molecule has 0 aliphatic heterocycles. The van der Waals surface area contributed by atoms with Crippen LogP contribution in [-0.4, -0.2) is 49.5 Å². The molecule has 0 heterocycles. The highest BCUT2D eigenvalue weighted by Gasteiger charge is 2.40. The van der Waals surface area contributed by atoms with Gasteiger partial charge in [0.15, 0.2) is 0 Å². The van der Waals surface area contributed by atoms with E-state index in [0.29, 0.717) is 5.75 Å². The summed E-state index contributed by atoms with van der Waals surface area (Å²) in [5, 5.41) is 0.132. The van der Waals surface area contributed by atoms with Crippen molar-refractivity contribution in [3.63, 3.8) is 0 Å². The van der Waals surface area contributed by atoms with Crippen molar-refractivity contribution < 1.29 is 28.6 Å².